The second kappa shape index (κ2) is 9.23. The topological polar surface area (TPSA) is 96.0 Å². The summed E-state index contributed by atoms with van der Waals surface area (Å²) in [5.41, 5.74) is 3.10. The minimum Gasteiger partial charge on any atom is -0.379 e. The summed E-state index contributed by atoms with van der Waals surface area (Å²) < 4.78 is 32.2. The quantitative estimate of drug-likeness (QED) is 0.684. The third-order valence-electron chi connectivity index (χ3n) is 5.64. The van der Waals surface area contributed by atoms with Gasteiger partial charge in [-0.3, -0.25) is 14.5 Å². The average molecular weight is 456 g/mol. The molecule has 0 bridgehead atoms. The third-order valence-corrected chi connectivity index (χ3v) is 7.46. The molecule has 1 N–H and O–H groups in total. The van der Waals surface area contributed by atoms with E-state index in [-0.39, 0.29) is 30.7 Å². The van der Waals surface area contributed by atoms with E-state index in [4.69, 9.17) is 4.74 Å². The number of benzene rings is 2. The van der Waals surface area contributed by atoms with Gasteiger partial charge in [0.25, 0.3) is 5.91 Å². The lowest BCUT2D eigenvalue weighted by Crippen LogP contribution is -2.41. The summed E-state index contributed by atoms with van der Waals surface area (Å²) in [5.74, 6) is -0.744. The van der Waals surface area contributed by atoms with Crippen LogP contribution in [-0.4, -0.2) is 62.3 Å². The van der Waals surface area contributed by atoms with Crippen molar-refractivity contribution in [3.8, 4) is 0 Å². The van der Waals surface area contributed by atoms with E-state index in [0.717, 1.165) is 5.56 Å². The van der Waals surface area contributed by atoms with Crippen LogP contribution in [0.5, 0.6) is 0 Å². The zero-order chi connectivity index (χ0) is 22.7. The van der Waals surface area contributed by atoms with Crippen LogP contribution in [0.4, 0.5) is 0 Å². The normalized spacial score (nSPS) is 16.8. The number of morpholine rings is 1. The minimum absolute atomic E-state index is 0.143. The van der Waals surface area contributed by atoms with Crippen LogP contribution in [0.25, 0.3) is 5.70 Å². The molecule has 9 heteroatoms. The predicted molar refractivity (Wildman–Crippen MR) is 120 cm³/mol. The van der Waals surface area contributed by atoms with Gasteiger partial charge in [-0.2, -0.15) is 4.31 Å². The molecule has 2 aromatic carbocycles. The first-order chi connectivity index (χ1) is 15.4. The lowest BCUT2D eigenvalue weighted by atomic mass is 10.1. The summed E-state index contributed by atoms with van der Waals surface area (Å²) in [6.07, 6.45) is 0. The molecule has 0 saturated carbocycles. The van der Waals surface area contributed by atoms with Crippen molar-refractivity contribution < 1.29 is 22.7 Å². The number of hydrogen-bond acceptors (Lipinski definition) is 5. The maximum atomic E-state index is 12.8. The fourth-order valence-corrected chi connectivity index (χ4v) is 5.44. The van der Waals surface area contributed by atoms with Gasteiger partial charge in [0.05, 0.1) is 19.0 Å². The second-order valence-electron chi connectivity index (χ2n) is 7.70. The largest absolute Gasteiger partial charge is 0.379 e. The Balaban J connectivity index is 1.39. The van der Waals surface area contributed by atoms with Gasteiger partial charge in [-0.1, -0.05) is 49.0 Å². The van der Waals surface area contributed by atoms with Crippen molar-refractivity contribution in [2.75, 3.05) is 32.8 Å². The van der Waals surface area contributed by atoms with Gasteiger partial charge in [-0.15, -0.1) is 0 Å². The summed E-state index contributed by atoms with van der Waals surface area (Å²) >= 11 is 0. The molecule has 0 spiro atoms. The van der Waals surface area contributed by atoms with Gasteiger partial charge in [-0.25, -0.2) is 8.42 Å². The first-order valence-corrected chi connectivity index (χ1v) is 12.0. The third kappa shape index (κ3) is 4.59. The summed E-state index contributed by atoms with van der Waals surface area (Å²) in [6.45, 7) is 5.42. The molecule has 0 atom stereocenters. The van der Waals surface area contributed by atoms with E-state index in [1.807, 2.05) is 6.07 Å². The number of hydrogen-bond donors (Lipinski definition) is 1. The summed E-state index contributed by atoms with van der Waals surface area (Å²) in [4.78, 5) is 26.5. The van der Waals surface area contributed by atoms with E-state index in [1.54, 1.807) is 42.5 Å². The molecule has 0 aromatic heterocycles. The molecule has 2 aromatic rings. The maximum absolute atomic E-state index is 12.8. The Morgan fingerprint density at radius 3 is 2.31 bits per heavy atom. The highest BCUT2D eigenvalue weighted by Gasteiger charge is 2.32. The van der Waals surface area contributed by atoms with Gasteiger partial charge in [0.2, 0.25) is 15.9 Å². The van der Waals surface area contributed by atoms with Crippen LogP contribution in [0.1, 0.15) is 27.0 Å². The fourth-order valence-electron chi connectivity index (χ4n) is 3.88. The smallest absolute Gasteiger partial charge is 0.259 e. The molecule has 168 valence electrons. The number of rotatable bonds is 7. The Labute approximate surface area is 187 Å². The van der Waals surface area contributed by atoms with E-state index in [9.17, 15) is 18.0 Å². The number of sulfonamides is 1. The van der Waals surface area contributed by atoms with Gasteiger partial charge in [0.1, 0.15) is 6.54 Å². The van der Waals surface area contributed by atoms with Crippen LogP contribution in [0.15, 0.2) is 55.1 Å². The summed E-state index contributed by atoms with van der Waals surface area (Å²) in [5, 5.41) is 2.80. The fraction of sp³-hybridized carbons (Fsp3) is 0.304. The molecule has 1 fully saturated rings. The number of carbonyl (C=O) groups is 2. The van der Waals surface area contributed by atoms with Gasteiger partial charge < -0.3 is 10.1 Å². The molecular weight excluding hydrogens is 430 g/mol. The maximum Gasteiger partial charge on any atom is 0.259 e. The van der Waals surface area contributed by atoms with Crippen molar-refractivity contribution in [3.63, 3.8) is 0 Å². The van der Waals surface area contributed by atoms with Crippen LogP contribution in [0, 0.1) is 0 Å². The molecule has 2 amide bonds. The first kappa shape index (κ1) is 22.2. The molecule has 1 saturated heterocycles. The minimum atomic E-state index is -3.49. The lowest BCUT2D eigenvalue weighted by molar-refractivity contribution is -0.121. The Morgan fingerprint density at radius 2 is 1.62 bits per heavy atom. The van der Waals surface area contributed by atoms with Crippen LogP contribution in [0.3, 0.4) is 0 Å². The van der Waals surface area contributed by atoms with Crippen molar-refractivity contribution in [3.05, 3.63) is 77.4 Å². The average Bonchev–Trinajstić information content (AvgIpc) is 3.04. The van der Waals surface area contributed by atoms with Gasteiger partial charge in [0, 0.05) is 36.5 Å². The Morgan fingerprint density at radius 1 is 1.00 bits per heavy atom. The van der Waals surface area contributed by atoms with Crippen LogP contribution >= 0.6 is 0 Å². The van der Waals surface area contributed by atoms with Crippen LogP contribution in [-0.2, 0) is 31.9 Å². The molecule has 0 unspecified atom stereocenters. The zero-order valence-corrected chi connectivity index (χ0v) is 18.4. The van der Waals surface area contributed by atoms with Gasteiger partial charge in [-0.05, 0) is 17.2 Å². The lowest BCUT2D eigenvalue weighted by Gasteiger charge is -2.26. The molecule has 2 aliphatic heterocycles. The molecule has 0 aliphatic carbocycles. The number of ether oxygens (including phenoxy) is 1. The van der Waals surface area contributed by atoms with E-state index < -0.39 is 10.0 Å². The van der Waals surface area contributed by atoms with E-state index in [1.165, 1.54) is 9.21 Å². The molecule has 0 radical (unpaired) electrons. The van der Waals surface area contributed by atoms with Crippen molar-refractivity contribution >= 4 is 27.5 Å². The number of nitrogens with one attached hydrogen (secondary N) is 1. The molecule has 32 heavy (non-hydrogen) atoms. The standard InChI is InChI=1S/C23H25N3O5S/c1-17-20-8-4-5-9-21(20)23(28)26(17)15-22(27)24-14-18-6-2-3-7-19(18)16-32(29,30)25-10-12-31-13-11-25/h2-9H,1,10-16H2,(H,24,27). The second-order valence-corrected chi connectivity index (χ2v) is 9.67. The summed E-state index contributed by atoms with van der Waals surface area (Å²) in [6, 6.07) is 14.2. The Kier molecular flexibility index (Phi) is 6.40. The Bertz CT molecular complexity index is 1120. The number of nitrogens with zero attached hydrogens (tertiary/aromatic N) is 2. The van der Waals surface area contributed by atoms with Crippen molar-refractivity contribution in [1.82, 2.24) is 14.5 Å². The van der Waals surface area contributed by atoms with Gasteiger partial charge >= 0.3 is 0 Å². The van der Waals surface area contributed by atoms with Crippen molar-refractivity contribution in [2.45, 2.75) is 12.3 Å². The van der Waals surface area contributed by atoms with E-state index >= 15 is 0 Å². The first-order valence-electron chi connectivity index (χ1n) is 10.4. The van der Waals surface area contributed by atoms with Crippen molar-refractivity contribution in [2.24, 2.45) is 0 Å². The number of fused-ring (bicyclic) bond motifs is 1. The number of amides is 2. The van der Waals surface area contributed by atoms with Gasteiger partial charge in [0.15, 0.2) is 0 Å². The predicted octanol–water partition coefficient (Wildman–Crippen LogP) is 1.59. The molecule has 2 aliphatic rings. The molecule has 8 nitrogen and oxygen atoms in total. The van der Waals surface area contributed by atoms with Crippen molar-refractivity contribution in [1.29, 1.82) is 0 Å². The van der Waals surface area contributed by atoms with Crippen LogP contribution in [0.2, 0.25) is 0 Å². The monoisotopic (exact) mass is 455 g/mol. The van der Waals surface area contributed by atoms with E-state index in [2.05, 4.69) is 11.9 Å². The summed E-state index contributed by atoms with van der Waals surface area (Å²) in [7, 11) is -3.49. The van der Waals surface area contributed by atoms with E-state index in [0.29, 0.717) is 48.7 Å². The highest BCUT2D eigenvalue weighted by Crippen LogP contribution is 2.30. The SMILES string of the molecule is C=C1c2ccccc2C(=O)N1CC(=O)NCc1ccccc1CS(=O)(=O)N1CCOCC1. The zero-order valence-electron chi connectivity index (χ0n) is 17.6. The van der Waals surface area contributed by atoms with Crippen LogP contribution < -0.4 is 5.32 Å². The molecular formula is C23H25N3O5S. The highest BCUT2D eigenvalue weighted by atomic mass is 32.2. The molecule has 4 rings (SSSR count). The highest BCUT2D eigenvalue weighted by molar-refractivity contribution is 7.88. The molecule has 2 heterocycles. The number of carbonyl (C=O) groups excluding carboxylic acids is 2. The Hall–Kier alpha value is -3.01.